The predicted octanol–water partition coefficient (Wildman–Crippen LogP) is 6.93. The minimum Gasteiger partial charge on any atom is -0.497 e. The van der Waals surface area contributed by atoms with Crippen LogP contribution in [0.1, 0.15) is 15.9 Å². The molecule has 1 heterocycles. The first kappa shape index (κ1) is 23.0. The molecular formula is C24H18BrClN4O2S. The molecule has 0 aliphatic heterocycles. The van der Waals surface area contributed by atoms with Gasteiger partial charge in [0.15, 0.2) is 0 Å². The number of hydrogen-bond acceptors (Lipinski definition) is 6. The van der Waals surface area contributed by atoms with Gasteiger partial charge in [-0.3, -0.25) is 10.2 Å². The van der Waals surface area contributed by atoms with E-state index in [0.29, 0.717) is 26.4 Å². The van der Waals surface area contributed by atoms with Crippen molar-refractivity contribution in [3.63, 3.8) is 0 Å². The number of halogens is 2. The molecule has 0 atom stereocenters. The summed E-state index contributed by atoms with van der Waals surface area (Å²) in [5.41, 5.74) is 5.85. The van der Waals surface area contributed by atoms with Crippen molar-refractivity contribution in [3.8, 4) is 17.0 Å². The van der Waals surface area contributed by atoms with Crippen LogP contribution in [-0.2, 0) is 0 Å². The van der Waals surface area contributed by atoms with Gasteiger partial charge in [-0.15, -0.1) is 0 Å². The Morgan fingerprint density at radius 3 is 2.42 bits per heavy atom. The molecule has 1 amide bonds. The first-order valence-electron chi connectivity index (χ1n) is 9.78. The van der Waals surface area contributed by atoms with Crippen LogP contribution >= 0.6 is 38.9 Å². The third-order valence-electron chi connectivity index (χ3n) is 4.57. The van der Waals surface area contributed by atoms with Crippen LogP contribution in [0.25, 0.3) is 11.3 Å². The molecular weight excluding hydrogens is 524 g/mol. The molecule has 166 valence electrons. The van der Waals surface area contributed by atoms with E-state index in [9.17, 15) is 4.79 Å². The lowest BCUT2D eigenvalue weighted by Gasteiger charge is -2.06. The fourth-order valence-corrected chi connectivity index (χ4v) is 4.11. The Bertz CT molecular complexity index is 1270. The van der Waals surface area contributed by atoms with E-state index < -0.39 is 0 Å². The number of amides is 1. The molecule has 0 fully saturated rings. The number of rotatable bonds is 7. The first-order valence-corrected chi connectivity index (χ1v) is 11.8. The number of hydrazone groups is 1. The molecule has 6 nitrogen and oxygen atoms in total. The van der Waals surface area contributed by atoms with E-state index in [2.05, 4.69) is 36.8 Å². The fraction of sp³-hybridized carbons (Fsp3) is 0.0417. The molecule has 0 radical (unpaired) electrons. The highest BCUT2D eigenvalue weighted by molar-refractivity contribution is 9.10. The van der Waals surface area contributed by atoms with Gasteiger partial charge >= 0.3 is 0 Å². The maximum Gasteiger partial charge on any atom is 0.256 e. The number of thiazole rings is 1. The number of benzene rings is 3. The standard InChI is InChI=1S/C24H18BrClN4O2S/c1-32-20-12-2-15(3-13-20)14-27-30-24-28-21(16-6-10-19(26)11-7-16)23(33-24)29-22(31)17-4-8-18(25)9-5-17/h2-14H,1H3,(H,28,30)(H,29,31)/b27-14-. The Morgan fingerprint density at radius 2 is 1.76 bits per heavy atom. The minimum atomic E-state index is -0.227. The van der Waals surface area contributed by atoms with Crippen molar-refractivity contribution in [2.75, 3.05) is 17.9 Å². The summed E-state index contributed by atoms with van der Waals surface area (Å²) in [6, 6.07) is 21.9. The third-order valence-corrected chi connectivity index (χ3v) is 6.22. The molecule has 3 aromatic carbocycles. The van der Waals surface area contributed by atoms with E-state index >= 15 is 0 Å². The third kappa shape index (κ3) is 5.98. The van der Waals surface area contributed by atoms with Crippen molar-refractivity contribution in [1.82, 2.24) is 4.98 Å². The van der Waals surface area contributed by atoms with E-state index in [-0.39, 0.29) is 5.91 Å². The quantitative estimate of drug-likeness (QED) is 0.196. The van der Waals surface area contributed by atoms with Gasteiger partial charge in [-0.2, -0.15) is 5.10 Å². The molecule has 0 unspecified atom stereocenters. The molecule has 0 bridgehead atoms. The normalized spacial score (nSPS) is 10.9. The van der Waals surface area contributed by atoms with Gasteiger partial charge in [0.1, 0.15) is 16.4 Å². The summed E-state index contributed by atoms with van der Waals surface area (Å²) in [5.74, 6) is 0.549. The number of ether oxygens (including phenoxy) is 1. The molecule has 33 heavy (non-hydrogen) atoms. The highest BCUT2D eigenvalue weighted by Crippen LogP contribution is 2.36. The Kier molecular flexibility index (Phi) is 7.39. The molecule has 1 aromatic heterocycles. The summed E-state index contributed by atoms with van der Waals surface area (Å²) >= 11 is 10.7. The molecule has 0 aliphatic rings. The molecule has 0 saturated heterocycles. The number of nitrogens with one attached hydrogen (secondary N) is 2. The van der Waals surface area contributed by atoms with Crippen LogP contribution in [0, 0.1) is 0 Å². The predicted molar refractivity (Wildman–Crippen MR) is 139 cm³/mol. The van der Waals surface area contributed by atoms with Crippen molar-refractivity contribution < 1.29 is 9.53 Å². The number of carbonyl (C=O) groups is 1. The monoisotopic (exact) mass is 540 g/mol. The second-order valence-corrected chi connectivity index (χ2v) is 9.16. The fourth-order valence-electron chi connectivity index (χ4n) is 2.88. The lowest BCUT2D eigenvalue weighted by atomic mass is 10.1. The Morgan fingerprint density at radius 1 is 1.06 bits per heavy atom. The van der Waals surface area contributed by atoms with Crippen LogP contribution < -0.4 is 15.5 Å². The molecule has 0 aliphatic carbocycles. The van der Waals surface area contributed by atoms with Crippen molar-refractivity contribution in [3.05, 3.63) is 93.4 Å². The van der Waals surface area contributed by atoms with Crippen LogP contribution in [0.2, 0.25) is 5.02 Å². The SMILES string of the molecule is COc1ccc(/C=N\Nc2nc(-c3ccc(Cl)cc3)c(NC(=O)c3ccc(Br)cc3)s2)cc1. The van der Waals surface area contributed by atoms with Crippen LogP contribution in [0.15, 0.2) is 82.4 Å². The molecule has 4 rings (SSSR count). The van der Waals surface area contributed by atoms with Gasteiger partial charge in [-0.05, 0) is 66.2 Å². The van der Waals surface area contributed by atoms with E-state index in [4.69, 9.17) is 16.3 Å². The Balaban J connectivity index is 1.57. The maximum absolute atomic E-state index is 12.8. The zero-order valence-corrected chi connectivity index (χ0v) is 20.5. The van der Waals surface area contributed by atoms with Crippen LogP contribution in [0.4, 0.5) is 10.1 Å². The zero-order chi connectivity index (χ0) is 23.2. The molecule has 0 spiro atoms. The molecule has 0 saturated carbocycles. The van der Waals surface area contributed by atoms with E-state index in [0.717, 1.165) is 21.3 Å². The highest BCUT2D eigenvalue weighted by atomic mass is 79.9. The van der Waals surface area contributed by atoms with E-state index in [1.165, 1.54) is 11.3 Å². The van der Waals surface area contributed by atoms with Gasteiger partial charge in [0, 0.05) is 20.6 Å². The van der Waals surface area contributed by atoms with Gasteiger partial charge in [0.2, 0.25) is 5.13 Å². The van der Waals surface area contributed by atoms with Crippen molar-refractivity contribution >= 4 is 61.1 Å². The lowest BCUT2D eigenvalue weighted by Crippen LogP contribution is -2.11. The second kappa shape index (κ2) is 10.6. The summed E-state index contributed by atoms with van der Waals surface area (Å²) in [4.78, 5) is 17.4. The van der Waals surface area contributed by atoms with E-state index in [1.807, 2.05) is 48.5 Å². The summed E-state index contributed by atoms with van der Waals surface area (Å²) in [6.07, 6.45) is 1.68. The number of anilines is 2. The number of hydrogen-bond donors (Lipinski definition) is 2. The van der Waals surface area contributed by atoms with Gasteiger partial charge < -0.3 is 10.1 Å². The second-order valence-electron chi connectivity index (χ2n) is 6.81. The number of nitrogens with zero attached hydrogens (tertiary/aromatic N) is 2. The summed E-state index contributed by atoms with van der Waals surface area (Å²) in [6.45, 7) is 0. The van der Waals surface area contributed by atoms with Gasteiger partial charge in [0.05, 0.1) is 13.3 Å². The smallest absolute Gasteiger partial charge is 0.256 e. The lowest BCUT2D eigenvalue weighted by molar-refractivity contribution is 0.102. The maximum atomic E-state index is 12.8. The zero-order valence-electron chi connectivity index (χ0n) is 17.4. The van der Waals surface area contributed by atoms with Gasteiger partial charge in [-0.1, -0.05) is 51.0 Å². The molecule has 9 heteroatoms. The Hall–Kier alpha value is -3.20. The summed E-state index contributed by atoms with van der Waals surface area (Å²) in [5, 5.41) is 9.00. The van der Waals surface area contributed by atoms with Crippen molar-refractivity contribution in [2.24, 2.45) is 5.10 Å². The minimum absolute atomic E-state index is 0.227. The van der Waals surface area contributed by atoms with Gasteiger partial charge in [-0.25, -0.2) is 4.98 Å². The Labute approximate surface area is 208 Å². The van der Waals surface area contributed by atoms with Crippen molar-refractivity contribution in [1.29, 1.82) is 0 Å². The highest BCUT2D eigenvalue weighted by Gasteiger charge is 2.16. The summed E-state index contributed by atoms with van der Waals surface area (Å²) in [7, 11) is 1.62. The van der Waals surface area contributed by atoms with Crippen molar-refractivity contribution in [2.45, 2.75) is 0 Å². The number of aromatic nitrogens is 1. The first-order chi connectivity index (χ1) is 16.0. The van der Waals surface area contributed by atoms with Gasteiger partial charge in [0.25, 0.3) is 5.91 Å². The van der Waals surface area contributed by atoms with Crippen LogP contribution in [0.3, 0.4) is 0 Å². The molecule has 4 aromatic rings. The largest absolute Gasteiger partial charge is 0.497 e. The van der Waals surface area contributed by atoms with Crippen LogP contribution in [-0.4, -0.2) is 24.2 Å². The average molecular weight is 542 g/mol. The molecule has 2 N–H and O–H groups in total. The van der Waals surface area contributed by atoms with Crippen LogP contribution in [0.5, 0.6) is 5.75 Å². The number of carbonyl (C=O) groups excluding carboxylic acids is 1. The number of methoxy groups -OCH3 is 1. The topological polar surface area (TPSA) is 75.6 Å². The van der Waals surface area contributed by atoms with E-state index in [1.54, 1.807) is 37.6 Å². The average Bonchev–Trinajstić information content (AvgIpc) is 3.22. The summed E-state index contributed by atoms with van der Waals surface area (Å²) < 4.78 is 6.07.